The lowest BCUT2D eigenvalue weighted by Crippen LogP contribution is -2.11. The minimum absolute atomic E-state index is 0.143. The lowest BCUT2D eigenvalue weighted by Gasteiger charge is -2.03. The Balaban J connectivity index is 2.95. The molecule has 0 bridgehead atoms. The Morgan fingerprint density at radius 1 is 1.60 bits per heavy atom. The summed E-state index contributed by atoms with van der Waals surface area (Å²) in [5.74, 6) is -0.977. The van der Waals surface area contributed by atoms with Crippen LogP contribution >= 0.6 is 15.9 Å². The van der Waals surface area contributed by atoms with Crippen LogP contribution < -0.4 is 0 Å². The van der Waals surface area contributed by atoms with Gasteiger partial charge in [-0.3, -0.25) is 4.79 Å². The third-order valence-electron chi connectivity index (χ3n) is 1.82. The van der Waals surface area contributed by atoms with Gasteiger partial charge in [-0.15, -0.1) is 10.1 Å². The molecular weight excluding hydrogens is 266 g/mol. The van der Waals surface area contributed by atoms with Crippen molar-refractivity contribution in [2.24, 2.45) is 0 Å². The summed E-state index contributed by atoms with van der Waals surface area (Å²) >= 11 is 3.16. The second-order valence-electron chi connectivity index (χ2n) is 2.77. The van der Waals surface area contributed by atoms with Gasteiger partial charge in [-0.1, -0.05) is 13.0 Å². The molecule has 0 fully saturated rings. The lowest BCUT2D eigenvalue weighted by atomic mass is 10.1. The second kappa shape index (κ2) is 4.88. The highest BCUT2D eigenvalue weighted by molar-refractivity contribution is 9.10. The molecule has 1 aromatic rings. The van der Waals surface area contributed by atoms with Crippen LogP contribution in [0, 0.1) is 10.1 Å². The molecule has 0 aromatic heterocycles. The molecule has 6 heteroatoms. The predicted molar refractivity (Wildman–Crippen MR) is 55.9 cm³/mol. The van der Waals surface area contributed by atoms with Crippen molar-refractivity contribution in [3.05, 3.63) is 43.9 Å². The molecule has 1 rings (SSSR count). The molecule has 0 atom stereocenters. The van der Waals surface area contributed by atoms with E-state index < -0.39 is 11.1 Å². The van der Waals surface area contributed by atoms with Crippen molar-refractivity contribution in [2.45, 2.75) is 13.3 Å². The summed E-state index contributed by atoms with van der Waals surface area (Å²) in [5.41, 5.74) is 1.17. The fourth-order valence-corrected chi connectivity index (χ4v) is 1.65. The maximum atomic E-state index is 11.2. The first kappa shape index (κ1) is 11.6. The summed E-state index contributed by atoms with van der Waals surface area (Å²) in [5, 5.41) is 8.84. The highest BCUT2D eigenvalue weighted by Gasteiger charge is 2.14. The van der Waals surface area contributed by atoms with Gasteiger partial charge in [0.1, 0.15) is 0 Å². The van der Waals surface area contributed by atoms with Crippen molar-refractivity contribution < 1.29 is 14.7 Å². The van der Waals surface area contributed by atoms with Gasteiger partial charge in [0.05, 0.1) is 5.56 Å². The Kier molecular flexibility index (Phi) is 3.79. The number of nitrogens with zero attached hydrogens (tertiary/aromatic N) is 1. The van der Waals surface area contributed by atoms with Crippen LogP contribution in [-0.4, -0.2) is 11.1 Å². The molecule has 1 aromatic carbocycles. The van der Waals surface area contributed by atoms with Gasteiger partial charge in [0.15, 0.2) is 0 Å². The predicted octanol–water partition coefficient (Wildman–Crippen LogP) is 2.36. The highest BCUT2D eigenvalue weighted by atomic mass is 79.9. The number of halogens is 1. The Morgan fingerprint density at radius 3 is 2.73 bits per heavy atom. The van der Waals surface area contributed by atoms with Crippen LogP contribution in [0.1, 0.15) is 22.8 Å². The van der Waals surface area contributed by atoms with Crippen LogP contribution in [0.5, 0.6) is 0 Å². The normalized spacial score (nSPS) is 9.73. The molecule has 0 aliphatic heterocycles. The molecule has 0 heterocycles. The molecular formula is C9H8BrNO4. The number of aryl methyl sites for hydroxylation is 1. The topological polar surface area (TPSA) is 69.4 Å². The third kappa shape index (κ3) is 3.02. The third-order valence-corrected chi connectivity index (χ3v) is 2.48. The number of benzene rings is 1. The Hall–Kier alpha value is -1.43. The molecule has 5 nitrogen and oxygen atoms in total. The summed E-state index contributed by atoms with van der Waals surface area (Å²) in [6, 6.07) is 4.95. The van der Waals surface area contributed by atoms with Gasteiger partial charge in [0.25, 0.3) is 0 Å². The summed E-state index contributed by atoms with van der Waals surface area (Å²) in [4.78, 5) is 25.0. The van der Waals surface area contributed by atoms with Crippen LogP contribution in [0.3, 0.4) is 0 Å². The number of hydrogen-bond donors (Lipinski definition) is 0. The molecule has 0 N–H and O–H groups in total. The van der Waals surface area contributed by atoms with Gasteiger partial charge in [0.2, 0.25) is 0 Å². The monoisotopic (exact) mass is 273 g/mol. The van der Waals surface area contributed by atoms with Gasteiger partial charge in [-0.05, 0) is 40.0 Å². The van der Waals surface area contributed by atoms with E-state index in [1.54, 1.807) is 12.1 Å². The first-order valence-electron chi connectivity index (χ1n) is 4.19. The fourth-order valence-electron chi connectivity index (χ4n) is 1.06. The van der Waals surface area contributed by atoms with E-state index >= 15 is 0 Å². The fraction of sp³-hybridized carbons (Fsp3) is 0.222. The maximum absolute atomic E-state index is 11.2. The van der Waals surface area contributed by atoms with E-state index in [4.69, 9.17) is 0 Å². The van der Waals surface area contributed by atoms with E-state index in [2.05, 4.69) is 20.8 Å². The van der Waals surface area contributed by atoms with Crippen molar-refractivity contribution in [3.63, 3.8) is 0 Å². The maximum Gasteiger partial charge on any atom is 0.335 e. The Morgan fingerprint density at radius 2 is 2.27 bits per heavy atom. The quantitative estimate of drug-likeness (QED) is 0.626. The van der Waals surface area contributed by atoms with E-state index in [0.29, 0.717) is 4.47 Å². The second-order valence-corrected chi connectivity index (χ2v) is 3.62. The molecule has 0 radical (unpaired) electrons. The van der Waals surface area contributed by atoms with Crippen molar-refractivity contribution in [1.82, 2.24) is 0 Å². The molecule has 80 valence electrons. The van der Waals surface area contributed by atoms with Crippen LogP contribution in [0.25, 0.3) is 0 Å². The molecule has 0 aliphatic carbocycles. The first-order valence-corrected chi connectivity index (χ1v) is 4.99. The number of carbonyl (C=O) groups is 1. The van der Waals surface area contributed by atoms with Crippen molar-refractivity contribution in [2.75, 3.05) is 0 Å². The Labute approximate surface area is 94.3 Å². The Bertz CT molecular complexity index is 405. The molecule has 0 saturated carbocycles. The van der Waals surface area contributed by atoms with Gasteiger partial charge in [0, 0.05) is 4.47 Å². The van der Waals surface area contributed by atoms with Crippen LogP contribution in [0.4, 0.5) is 0 Å². The number of rotatable bonds is 3. The van der Waals surface area contributed by atoms with E-state index in [0.717, 1.165) is 12.0 Å². The minimum Gasteiger partial charge on any atom is -0.263 e. The van der Waals surface area contributed by atoms with Crippen molar-refractivity contribution >= 4 is 21.9 Å². The van der Waals surface area contributed by atoms with Gasteiger partial charge in [-0.25, -0.2) is 4.84 Å². The van der Waals surface area contributed by atoms with Crippen LogP contribution in [0.2, 0.25) is 0 Å². The smallest absolute Gasteiger partial charge is 0.263 e. The van der Waals surface area contributed by atoms with E-state index in [9.17, 15) is 14.9 Å². The van der Waals surface area contributed by atoms with Gasteiger partial charge < -0.3 is 0 Å². The highest BCUT2D eigenvalue weighted by Crippen LogP contribution is 2.19. The van der Waals surface area contributed by atoms with Gasteiger partial charge >= 0.3 is 11.1 Å². The van der Waals surface area contributed by atoms with Crippen LogP contribution in [0.15, 0.2) is 22.7 Å². The largest absolute Gasteiger partial charge is 0.335 e. The molecule has 0 saturated heterocycles. The average Bonchev–Trinajstić information content (AvgIpc) is 2.16. The molecule has 0 aliphatic rings. The minimum atomic E-state index is -1.12. The van der Waals surface area contributed by atoms with Crippen LogP contribution in [-0.2, 0) is 11.3 Å². The summed E-state index contributed by atoms with van der Waals surface area (Å²) in [6.45, 7) is 1.97. The molecule has 15 heavy (non-hydrogen) atoms. The summed E-state index contributed by atoms with van der Waals surface area (Å²) in [6.07, 6.45) is 0.823. The SMILES string of the molecule is CCc1ccc(C(=O)O[N+](=O)[O-])c(Br)c1. The summed E-state index contributed by atoms with van der Waals surface area (Å²) < 4.78 is 0.494. The van der Waals surface area contributed by atoms with E-state index in [1.165, 1.54) is 6.07 Å². The zero-order chi connectivity index (χ0) is 11.4. The molecule has 0 spiro atoms. The zero-order valence-corrected chi connectivity index (χ0v) is 9.48. The zero-order valence-electron chi connectivity index (χ0n) is 7.90. The van der Waals surface area contributed by atoms with Crippen molar-refractivity contribution in [3.8, 4) is 0 Å². The first-order chi connectivity index (χ1) is 7.04. The average molecular weight is 274 g/mol. The number of hydrogen-bond acceptors (Lipinski definition) is 4. The van der Waals surface area contributed by atoms with Crippen molar-refractivity contribution in [1.29, 1.82) is 0 Å². The van der Waals surface area contributed by atoms with Gasteiger partial charge in [-0.2, -0.15) is 0 Å². The standard InChI is InChI=1S/C9H8BrNO4/c1-2-6-3-4-7(8(10)5-6)9(12)15-11(13)14/h3-5H,2H2,1H3. The lowest BCUT2D eigenvalue weighted by molar-refractivity contribution is -0.727. The van der Waals surface area contributed by atoms with E-state index in [1.807, 2.05) is 6.92 Å². The number of carbonyl (C=O) groups excluding carboxylic acids is 1. The summed E-state index contributed by atoms with van der Waals surface area (Å²) in [7, 11) is 0. The molecule has 0 unspecified atom stereocenters. The molecule has 0 amide bonds. The van der Waals surface area contributed by atoms with E-state index in [-0.39, 0.29) is 5.56 Å².